The highest BCUT2D eigenvalue weighted by molar-refractivity contribution is 5.83. The van der Waals surface area contributed by atoms with Gasteiger partial charge in [0, 0.05) is 13.6 Å². The molecule has 1 heterocycles. The van der Waals surface area contributed by atoms with Gasteiger partial charge in [-0.3, -0.25) is 0 Å². The van der Waals surface area contributed by atoms with Crippen LogP contribution in [0.3, 0.4) is 0 Å². The summed E-state index contributed by atoms with van der Waals surface area (Å²) in [7, 11) is 1.02. The molecule has 0 saturated carbocycles. The predicted octanol–water partition coefficient (Wildman–Crippen LogP) is 2.18. The van der Waals surface area contributed by atoms with Gasteiger partial charge in [0.2, 0.25) is 0 Å². The minimum absolute atomic E-state index is 0.154. The van der Waals surface area contributed by atoms with Crippen LogP contribution in [-0.4, -0.2) is 59.3 Å². The second kappa shape index (κ2) is 5.49. The van der Waals surface area contributed by atoms with E-state index >= 15 is 0 Å². The SMILES string of the molecule is CN(CC(F)(F)F)C(=O)N1CCCC(C)(C)C1C(=O)O. The van der Waals surface area contributed by atoms with Crippen molar-refractivity contribution in [2.24, 2.45) is 5.41 Å². The maximum absolute atomic E-state index is 12.3. The average Bonchev–Trinajstić information content (AvgIpc) is 2.23. The number of carbonyl (C=O) groups excluding carboxylic acids is 1. The van der Waals surface area contributed by atoms with Crippen LogP contribution in [0.15, 0.2) is 0 Å². The first-order valence-electron chi connectivity index (χ1n) is 6.27. The third-order valence-electron chi connectivity index (χ3n) is 3.49. The van der Waals surface area contributed by atoms with Gasteiger partial charge in [-0.1, -0.05) is 13.8 Å². The van der Waals surface area contributed by atoms with Gasteiger partial charge in [0.05, 0.1) is 0 Å². The predicted molar refractivity (Wildman–Crippen MR) is 65.2 cm³/mol. The van der Waals surface area contributed by atoms with E-state index in [1.165, 1.54) is 0 Å². The van der Waals surface area contributed by atoms with Crippen molar-refractivity contribution in [3.8, 4) is 0 Å². The van der Waals surface area contributed by atoms with Crippen LogP contribution < -0.4 is 0 Å². The van der Waals surface area contributed by atoms with Gasteiger partial charge in [0.1, 0.15) is 12.6 Å². The summed E-state index contributed by atoms with van der Waals surface area (Å²) in [6, 6.07) is -2.01. The molecule has 1 N–H and O–H groups in total. The van der Waals surface area contributed by atoms with E-state index in [2.05, 4.69) is 0 Å². The number of hydrogen-bond donors (Lipinski definition) is 1. The molecular formula is C12H19F3N2O3. The second-order valence-electron chi connectivity index (χ2n) is 5.78. The summed E-state index contributed by atoms with van der Waals surface area (Å²) in [4.78, 5) is 25.0. The quantitative estimate of drug-likeness (QED) is 0.849. The van der Waals surface area contributed by atoms with Crippen molar-refractivity contribution in [2.45, 2.75) is 38.9 Å². The fraction of sp³-hybridized carbons (Fsp3) is 0.833. The Morgan fingerprint density at radius 1 is 1.40 bits per heavy atom. The van der Waals surface area contributed by atoms with Crippen LogP contribution in [0.5, 0.6) is 0 Å². The molecule has 1 fully saturated rings. The Kier molecular flexibility index (Phi) is 4.55. The number of piperidine rings is 1. The molecule has 1 saturated heterocycles. The van der Waals surface area contributed by atoms with Crippen molar-refractivity contribution in [1.82, 2.24) is 9.80 Å². The molecule has 0 aromatic rings. The molecule has 0 bridgehead atoms. The minimum Gasteiger partial charge on any atom is -0.480 e. The zero-order chi connectivity index (χ0) is 15.7. The number of carbonyl (C=O) groups is 2. The Balaban J connectivity index is 2.92. The van der Waals surface area contributed by atoms with Gasteiger partial charge in [-0.2, -0.15) is 13.2 Å². The number of rotatable bonds is 2. The molecule has 8 heteroatoms. The van der Waals surface area contributed by atoms with E-state index in [1.807, 2.05) is 0 Å². The highest BCUT2D eigenvalue weighted by Gasteiger charge is 2.46. The van der Waals surface area contributed by atoms with Crippen LogP contribution in [0.1, 0.15) is 26.7 Å². The van der Waals surface area contributed by atoms with E-state index in [4.69, 9.17) is 0 Å². The van der Waals surface area contributed by atoms with E-state index < -0.39 is 36.2 Å². The second-order valence-corrected chi connectivity index (χ2v) is 5.78. The van der Waals surface area contributed by atoms with Crippen molar-refractivity contribution >= 4 is 12.0 Å². The Hall–Kier alpha value is -1.47. The molecule has 1 atom stereocenters. The summed E-state index contributed by atoms with van der Waals surface area (Å²) in [6.45, 7) is 2.17. The summed E-state index contributed by atoms with van der Waals surface area (Å²) in [6.07, 6.45) is -3.33. The fourth-order valence-electron chi connectivity index (χ4n) is 2.62. The molecule has 0 aromatic heterocycles. The largest absolute Gasteiger partial charge is 0.480 e. The van der Waals surface area contributed by atoms with Crippen LogP contribution in [0.2, 0.25) is 0 Å². The van der Waals surface area contributed by atoms with Crippen molar-refractivity contribution in [3.63, 3.8) is 0 Å². The number of amides is 2. The Morgan fingerprint density at radius 2 is 1.95 bits per heavy atom. The van der Waals surface area contributed by atoms with Crippen molar-refractivity contribution in [1.29, 1.82) is 0 Å². The number of carboxylic acids is 1. The van der Waals surface area contributed by atoms with Crippen LogP contribution >= 0.6 is 0 Å². The number of alkyl halides is 3. The molecule has 1 aliphatic rings. The number of carboxylic acid groups (broad SMARTS) is 1. The van der Waals surface area contributed by atoms with E-state index in [-0.39, 0.29) is 6.54 Å². The first kappa shape index (κ1) is 16.6. The van der Waals surface area contributed by atoms with E-state index in [9.17, 15) is 27.9 Å². The Morgan fingerprint density at radius 3 is 2.40 bits per heavy atom. The molecule has 0 radical (unpaired) electrons. The molecule has 5 nitrogen and oxygen atoms in total. The zero-order valence-electron chi connectivity index (χ0n) is 11.7. The van der Waals surface area contributed by atoms with Gasteiger partial charge in [-0.15, -0.1) is 0 Å². The lowest BCUT2D eigenvalue weighted by molar-refractivity contribution is -0.150. The van der Waals surface area contributed by atoms with Crippen LogP contribution in [0.25, 0.3) is 0 Å². The lowest BCUT2D eigenvalue weighted by Crippen LogP contribution is -2.59. The molecular weight excluding hydrogens is 277 g/mol. The Labute approximate surface area is 115 Å². The van der Waals surface area contributed by atoms with Gasteiger partial charge in [-0.25, -0.2) is 9.59 Å². The van der Waals surface area contributed by atoms with Crippen molar-refractivity contribution in [2.75, 3.05) is 20.1 Å². The van der Waals surface area contributed by atoms with Crippen molar-refractivity contribution in [3.05, 3.63) is 0 Å². The molecule has 1 aliphatic heterocycles. The molecule has 116 valence electrons. The molecule has 1 unspecified atom stereocenters. The van der Waals surface area contributed by atoms with Crippen LogP contribution in [0.4, 0.5) is 18.0 Å². The minimum atomic E-state index is -4.51. The standard InChI is InChI=1S/C12H19F3N2O3/c1-11(2)5-4-6-17(8(11)9(18)19)10(20)16(3)7-12(13,14)15/h8H,4-7H2,1-3H3,(H,18,19). The number of urea groups is 1. The van der Waals surface area contributed by atoms with Crippen LogP contribution in [0, 0.1) is 5.41 Å². The van der Waals surface area contributed by atoms with Crippen molar-refractivity contribution < 1.29 is 27.9 Å². The van der Waals surface area contributed by atoms with E-state index in [0.29, 0.717) is 17.7 Å². The van der Waals surface area contributed by atoms with Gasteiger partial charge in [0.15, 0.2) is 0 Å². The number of aliphatic carboxylic acids is 1. The summed E-state index contributed by atoms with van der Waals surface area (Å²) >= 11 is 0. The highest BCUT2D eigenvalue weighted by Crippen LogP contribution is 2.35. The molecule has 0 spiro atoms. The number of nitrogens with zero attached hydrogens (tertiary/aromatic N) is 2. The summed E-state index contributed by atoms with van der Waals surface area (Å²) < 4.78 is 36.9. The third kappa shape index (κ3) is 3.77. The first-order valence-corrected chi connectivity index (χ1v) is 6.27. The topological polar surface area (TPSA) is 60.9 Å². The number of likely N-dealkylation sites (tertiary alicyclic amines) is 1. The Bertz CT molecular complexity index is 396. The summed E-state index contributed by atoms with van der Waals surface area (Å²) in [5.41, 5.74) is -0.668. The summed E-state index contributed by atoms with van der Waals surface area (Å²) in [5, 5.41) is 9.27. The van der Waals surface area contributed by atoms with Gasteiger partial charge in [-0.05, 0) is 18.3 Å². The van der Waals surface area contributed by atoms with Gasteiger partial charge >= 0.3 is 18.2 Å². The van der Waals surface area contributed by atoms with Gasteiger partial charge in [0.25, 0.3) is 0 Å². The lowest BCUT2D eigenvalue weighted by atomic mass is 9.76. The van der Waals surface area contributed by atoms with E-state index in [1.54, 1.807) is 13.8 Å². The molecule has 0 aromatic carbocycles. The van der Waals surface area contributed by atoms with Crippen LogP contribution in [-0.2, 0) is 4.79 Å². The third-order valence-corrected chi connectivity index (χ3v) is 3.49. The maximum atomic E-state index is 12.3. The molecule has 1 rings (SSSR count). The van der Waals surface area contributed by atoms with Gasteiger partial charge < -0.3 is 14.9 Å². The maximum Gasteiger partial charge on any atom is 0.406 e. The molecule has 2 amide bonds. The lowest BCUT2D eigenvalue weighted by Gasteiger charge is -2.45. The summed E-state index contributed by atoms with van der Waals surface area (Å²) in [5.74, 6) is -1.19. The number of halogens is 3. The average molecular weight is 296 g/mol. The molecule has 20 heavy (non-hydrogen) atoms. The monoisotopic (exact) mass is 296 g/mol. The normalized spacial score (nSPS) is 22.5. The fourth-order valence-corrected chi connectivity index (χ4v) is 2.62. The highest BCUT2D eigenvalue weighted by atomic mass is 19.4. The zero-order valence-corrected chi connectivity index (χ0v) is 11.7. The smallest absolute Gasteiger partial charge is 0.406 e. The van der Waals surface area contributed by atoms with E-state index in [0.717, 1.165) is 11.9 Å². The molecule has 0 aliphatic carbocycles. The first-order chi connectivity index (χ1) is 8.96. The number of hydrogen-bond acceptors (Lipinski definition) is 2.